The van der Waals surface area contributed by atoms with E-state index in [0.29, 0.717) is 0 Å². The second-order valence-electron chi connectivity index (χ2n) is 4.35. The maximum Gasteiger partial charge on any atom is 0.149 e. The molecular weight excluding hydrogens is 248 g/mol. The molecule has 0 aliphatic rings. The third-order valence-electron chi connectivity index (χ3n) is 2.87. The Balaban J connectivity index is 2.51. The zero-order chi connectivity index (χ0) is 13.2. The average Bonchev–Trinajstić information content (AvgIpc) is 2.34. The predicted molar refractivity (Wildman–Crippen MR) is 73.3 cm³/mol. The van der Waals surface area contributed by atoms with Crippen molar-refractivity contribution < 1.29 is 8.42 Å². The van der Waals surface area contributed by atoms with E-state index in [9.17, 15) is 8.42 Å². The Kier molecular flexibility index (Phi) is 3.63. The normalized spacial score (nSPS) is 13.7. The van der Waals surface area contributed by atoms with Crippen LogP contribution < -0.4 is 5.32 Å². The zero-order valence-corrected chi connectivity index (χ0v) is 11.2. The highest BCUT2D eigenvalue weighted by molar-refractivity contribution is 7.90. The molecule has 0 bridgehead atoms. The molecule has 0 fully saturated rings. The monoisotopic (exact) mass is 264 g/mol. The lowest BCUT2D eigenvalue weighted by atomic mass is 10.0. The second kappa shape index (κ2) is 5.04. The van der Waals surface area contributed by atoms with Gasteiger partial charge in [-0.15, -0.1) is 0 Å². The maximum atomic E-state index is 11.5. The van der Waals surface area contributed by atoms with Crippen molar-refractivity contribution >= 4 is 20.7 Å². The van der Waals surface area contributed by atoms with E-state index >= 15 is 0 Å². The largest absolute Gasteiger partial charge is 0.312 e. The van der Waals surface area contributed by atoms with E-state index < -0.39 is 9.84 Å². The minimum atomic E-state index is -3.04. The molecule has 0 aliphatic carbocycles. The van der Waals surface area contributed by atoms with Crippen LogP contribution in [0.2, 0.25) is 0 Å². The summed E-state index contributed by atoms with van der Waals surface area (Å²) in [5.74, 6) is 0.0809. The molecule has 0 spiro atoms. The summed E-state index contributed by atoms with van der Waals surface area (Å²) in [6.45, 7) is 0. The molecule has 96 valence electrons. The summed E-state index contributed by atoms with van der Waals surface area (Å²) < 4.78 is 22.9. The molecule has 0 aliphatic heterocycles. The molecule has 2 rings (SSSR count). The lowest BCUT2D eigenvalue weighted by Gasteiger charge is -2.17. The van der Waals surface area contributed by atoms with E-state index in [1.807, 2.05) is 30.3 Å². The minimum absolute atomic E-state index is 0.0809. The number of nitrogens with one attached hydrogen (secondary N) is 1. The standard InChI is InChI=1S/C13H16N2O2S/c1-14-13(9-18(2,16)17)11-5-3-7-12-10(11)6-4-8-15-12/h3-8,13-14H,9H2,1-2H3. The van der Waals surface area contributed by atoms with E-state index in [4.69, 9.17) is 0 Å². The molecule has 4 nitrogen and oxygen atoms in total. The first kappa shape index (κ1) is 13.0. The molecule has 1 heterocycles. The minimum Gasteiger partial charge on any atom is -0.312 e. The van der Waals surface area contributed by atoms with Crippen LogP contribution in [0.25, 0.3) is 10.9 Å². The van der Waals surface area contributed by atoms with Crippen LogP contribution in [-0.4, -0.2) is 32.5 Å². The molecule has 1 unspecified atom stereocenters. The van der Waals surface area contributed by atoms with Gasteiger partial charge < -0.3 is 5.32 Å². The smallest absolute Gasteiger partial charge is 0.149 e. The van der Waals surface area contributed by atoms with Crippen LogP contribution in [0.15, 0.2) is 36.5 Å². The molecule has 1 aromatic carbocycles. The summed E-state index contributed by atoms with van der Waals surface area (Å²) in [6, 6.07) is 9.37. The van der Waals surface area contributed by atoms with Crippen LogP contribution in [0.3, 0.4) is 0 Å². The topological polar surface area (TPSA) is 59.1 Å². The Labute approximate surface area is 107 Å². The number of nitrogens with zero attached hydrogens (tertiary/aromatic N) is 1. The summed E-state index contributed by atoms with van der Waals surface area (Å²) in [5, 5.41) is 4.05. The van der Waals surface area contributed by atoms with Gasteiger partial charge in [-0.05, 0) is 24.7 Å². The lowest BCUT2D eigenvalue weighted by molar-refractivity contribution is 0.580. The lowest BCUT2D eigenvalue weighted by Crippen LogP contribution is -2.24. The molecule has 1 atom stereocenters. The molecule has 1 N–H and O–H groups in total. The maximum absolute atomic E-state index is 11.5. The first-order chi connectivity index (χ1) is 8.51. The fourth-order valence-electron chi connectivity index (χ4n) is 2.06. The van der Waals surface area contributed by atoms with Gasteiger partial charge >= 0.3 is 0 Å². The van der Waals surface area contributed by atoms with E-state index in [1.54, 1.807) is 13.2 Å². The van der Waals surface area contributed by atoms with E-state index in [1.165, 1.54) is 6.26 Å². The predicted octanol–water partition coefficient (Wildman–Crippen LogP) is 1.54. The quantitative estimate of drug-likeness (QED) is 0.910. The third kappa shape index (κ3) is 2.86. The molecule has 1 aromatic heterocycles. The van der Waals surface area contributed by atoms with Gasteiger partial charge in [0, 0.05) is 23.9 Å². The van der Waals surface area contributed by atoms with Gasteiger partial charge in [-0.1, -0.05) is 18.2 Å². The van der Waals surface area contributed by atoms with Gasteiger partial charge in [0.2, 0.25) is 0 Å². The Morgan fingerprint density at radius 1 is 1.28 bits per heavy atom. The third-order valence-corrected chi connectivity index (χ3v) is 3.81. The molecule has 18 heavy (non-hydrogen) atoms. The highest BCUT2D eigenvalue weighted by Crippen LogP contribution is 2.23. The van der Waals surface area contributed by atoms with Crippen LogP contribution in [-0.2, 0) is 9.84 Å². The average molecular weight is 264 g/mol. The highest BCUT2D eigenvalue weighted by atomic mass is 32.2. The van der Waals surface area contributed by atoms with Crippen molar-refractivity contribution in [1.29, 1.82) is 0 Å². The number of hydrogen-bond acceptors (Lipinski definition) is 4. The fraction of sp³-hybridized carbons (Fsp3) is 0.308. The summed E-state index contributed by atoms with van der Waals surface area (Å²) >= 11 is 0. The molecule has 0 saturated heterocycles. The van der Waals surface area contributed by atoms with Gasteiger partial charge in [-0.2, -0.15) is 0 Å². The van der Waals surface area contributed by atoms with E-state index in [2.05, 4.69) is 10.3 Å². The van der Waals surface area contributed by atoms with Gasteiger partial charge in [-0.3, -0.25) is 4.98 Å². The highest BCUT2D eigenvalue weighted by Gasteiger charge is 2.17. The molecule has 5 heteroatoms. The van der Waals surface area contributed by atoms with Crippen molar-refractivity contribution in [1.82, 2.24) is 10.3 Å². The van der Waals surface area contributed by atoms with Gasteiger partial charge in [0.25, 0.3) is 0 Å². The SMILES string of the molecule is CNC(CS(C)(=O)=O)c1cccc2ncccc12. The number of pyridine rings is 1. The van der Waals surface area contributed by atoms with E-state index in [-0.39, 0.29) is 11.8 Å². The van der Waals surface area contributed by atoms with Crippen LogP contribution in [0, 0.1) is 0 Å². The fourth-order valence-corrected chi connectivity index (χ4v) is 3.01. The van der Waals surface area contributed by atoms with Gasteiger partial charge in [0.05, 0.1) is 11.3 Å². The van der Waals surface area contributed by atoms with Crippen molar-refractivity contribution in [2.45, 2.75) is 6.04 Å². The number of aromatic nitrogens is 1. The number of rotatable bonds is 4. The van der Waals surface area contributed by atoms with Crippen LogP contribution in [0.1, 0.15) is 11.6 Å². The van der Waals surface area contributed by atoms with Crippen molar-refractivity contribution in [3.63, 3.8) is 0 Å². The van der Waals surface area contributed by atoms with E-state index in [0.717, 1.165) is 16.5 Å². The number of benzene rings is 1. The van der Waals surface area contributed by atoms with Crippen molar-refractivity contribution in [2.75, 3.05) is 19.1 Å². The van der Waals surface area contributed by atoms with Gasteiger partial charge in [-0.25, -0.2) is 8.42 Å². The number of hydrogen-bond donors (Lipinski definition) is 1. The summed E-state index contributed by atoms with van der Waals surface area (Å²) in [7, 11) is -1.27. The summed E-state index contributed by atoms with van der Waals surface area (Å²) in [5.41, 5.74) is 1.84. The Hall–Kier alpha value is -1.46. The first-order valence-electron chi connectivity index (χ1n) is 5.70. The Morgan fingerprint density at radius 2 is 2.06 bits per heavy atom. The molecular formula is C13H16N2O2S. The summed E-state index contributed by atoms with van der Waals surface area (Å²) in [6.07, 6.45) is 2.98. The zero-order valence-electron chi connectivity index (χ0n) is 10.4. The first-order valence-corrected chi connectivity index (χ1v) is 7.76. The van der Waals surface area contributed by atoms with Gasteiger partial charge in [0.15, 0.2) is 0 Å². The molecule has 0 amide bonds. The van der Waals surface area contributed by atoms with Crippen molar-refractivity contribution in [3.8, 4) is 0 Å². The van der Waals surface area contributed by atoms with Gasteiger partial charge in [0.1, 0.15) is 9.84 Å². The Bertz CT molecular complexity index is 648. The molecule has 0 saturated carbocycles. The van der Waals surface area contributed by atoms with Crippen molar-refractivity contribution in [3.05, 3.63) is 42.1 Å². The number of fused-ring (bicyclic) bond motifs is 1. The second-order valence-corrected chi connectivity index (χ2v) is 6.54. The molecule has 0 radical (unpaired) electrons. The Morgan fingerprint density at radius 3 is 2.72 bits per heavy atom. The molecule has 2 aromatic rings. The van der Waals surface area contributed by atoms with Crippen LogP contribution in [0.4, 0.5) is 0 Å². The van der Waals surface area contributed by atoms with Crippen LogP contribution in [0.5, 0.6) is 0 Å². The van der Waals surface area contributed by atoms with Crippen molar-refractivity contribution in [2.24, 2.45) is 0 Å². The van der Waals surface area contributed by atoms with Crippen LogP contribution >= 0.6 is 0 Å². The summed E-state index contributed by atoms with van der Waals surface area (Å²) in [4.78, 5) is 4.28. The number of sulfone groups is 1.